The fraction of sp³-hybridized carbons (Fsp3) is 0.474. The Morgan fingerprint density at radius 3 is 2.46 bits per heavy atom. The quantitative estimate of drug-likeness (QED) is 0.712. The second kappa shape index (κ2) is 7.25. The van der Waals surface area contributed by atoms with E-state index in [1.807, 2.05) is 22.8 Å². The van der Waals surface area contributed by atoms with Crippen LogP contribution in [0, 0.1) is 0 Å². The van der Waals surface area contributed by atoms with E-state index >= 15 is 0 Å². The molecule has 6 nitrogen and oxygen atoms in total. The molecule has 0 fully saturated rings. The number of imidazole rings is 1. The van der Waals surface area contributed by atoms with Crippen molar-refractivity contribution >= 4 is 21.4 Å². The van der Waals surface area contributed by atoms with E-state index in [-0.39, 0.29) is 11.5 Å². The molecule has 0 aliphatic heterocycles. The summed E-state index contributed by atoms with van der Waals surface area (Å²) in [6.07, 6.45) is 2.02. The van der Waals surface area contributed by atoms with Gasteiger partial charge in [-0.25, -0.2) is 9.50 Å². The highest BCUT2D eigenvalue weighted by atomic mass is 32.1. The van der Waals surface area contributed by atoms with E-state index in [1.165, 1.54) is 5.56 Å². The van der Waals surface area contributed by atoms with Crippen molar-refractivity contribution in [2.45, 2.75) is 32.2 Å². The maximum atomic E-state index is 5.25. The van der Waals surface area contributed by atoms with Crippen LogP contribution in [0.1, 0.15) is 38.1 Å². The van der Waals surface area contributed by atoms with Crippen LogP contribution >= 0.6 is 11.3 Å². The first kappa shape index (κ1) is 18.7. The van der Waals surface area contributed by atoms with Gasteiger partial charge in [0.2, 0.25) is 10.1 Å². The molecule has 7 heteroatoms. The highest BCUT2D eigenvalue weighted by Gasteiger charge is 2.20. The molecule has 0 radical (unpaired) electrons. The van der Waals surface area contributed by atoms with Crippen LogP contribution in [-0.2, 0) is 5.41 Å². The van der Waals surface area contributed by atoms with Crippen molar-refractivity contribution in [2.75, 3.05) is 33.1 Å². The smallest absolute Gasteiger partial charge is 0.214 e. The Balaban J connectivity index is 1.72. The van der Waals surface area contributed by atoms with Gasteiger partial charge in [-0.05, 0) is 31.8 Å². The molecular weight excluding hydrogens is 346 g/mol. The molecule has 0 aliphatic rings. The highest BCUT2D eigenvalue weighted by molar-refractivity contribution is 7.20. The lowest BCUT2D eigenvalue weighted by Crippen LogP contribution is -2.26. The van der Waals surface area contributed by atoms with Crippen LogP contribution in [0.5, 0.6) is 5.75 Å². The van der Waals surface area contributed by atoms with E-state index in [9.17, 15) is 0 Å². The third kappa shape index (κ3) is 3.99. The maximum absolute atomic E-state index is 5.25. The second-order valence-corrected chi connectivity index (χ2v) is 8.60. The summed E-state index contributed by atoms with van der Waals surface area (Å²) >= 11 is 1.58. The summed E-state index contributed by atoms with van der Waals surface area (Å²) in [4.78, 5) is 7.82. The molecular formula is C19H27N5OS. The van der Waals surface area contributed by atoms with Crippen molar-refractivity contribution in [2.24, 2.45) is 0 Å². The molecule has 1 atom stereocenters. The summed E-state index contributed by atoms with van der Waals surface area (Å²) in [7, 11) is 5.85. The molecule has 0 amide bonds. The zero-order valence-corrected chi connectivity index (χ0v) is 17.1. The highest BCUT2D eigenvalue weighted by Crippen LogP contribution is 2.27. The van der Waals surface area contributed by atoms with Gasteiger partial charge in [0.15, 0.2) is 0 Å². The Kier molecular flexibility index (Phi) is 5.20. The van der Waals surface area contributed by atoms with Crippen LogP contribution in [-0.4, -0.2) is 47.2 Å². The lowest BCUT2D eigenvalue weighted by molar-refractivity contribution is 0.311. The fourth-order valence-corrected chi connectivity index (χ4v) is 3.53. The van der Waals surface area contributed by atoms with E-state index in [0.717, 1.165) is 28.1 Å². The SMILES string of the molecule is COc1ccc([C@@H](CNc2nn3cc(C(C)(C)C)nc3s2)N(C)C)cc1. The molecule has 1 aromatic carbocycles. The predicted octanol–water partition coefficient (Wildman–Crippen LogP) is 3.81. The Bertz CT molecular complexity index is 829. The normalized spacial score (nSPS) is 13.3. The van der Waals surface area contributed by atoms with Crippen molar-refractivity contribution < 1.29 is 4.74 Å². The summed E-state index contributed by atoms with van der Waals surface area (Å²) in [5.74, 6) is 0.870. The summed E-state index contributed by atoms with van der Waals surface area (Å²) in [6.45, 7) is 7.25. The minimum Gasteiger partial charge on any atom is -0.497 e. The Morgan fingerprint density at radius 2 is 1.92 bits per heavy atom. The van der Waals surface area contributed by atoms with Gasteiger partial charge in [-0.2, -0.15) is 0 Å². The number of nitrogens with zero attached hydrogens (tertiary/aromatic N) is 4. The third-order valence-corrected chi connectivity index (χ3v) is 5.26. The molecule has 0 saturated heterocycles. The topological polar surface area (TPSA) is 54.7 Å². The lowest BCUT2D eigenvalue weighted by atomic mass is 9.93. The maximum Gasteiger partial charge on any atom is 0.214 e. The molecule has 3 aromatic rings. The molecule has 0 saturated carbocycles. The molecule has 1 N–H and O–H groups in total. The van der Waals surface area contributed by atoms with Crippen molar-refractivity contribution in [3.8, 4) is 5.75 Å². The van der Waals surface area contributed by atoms with Gasteiger partial charge in [0.25, 0.3) is 0 Å². The number of rotatable bonds is 6. The molecule has 0 bridgehead atoms. The van der Waals surface area contributed by atoms with Gasteiger partial charge in [0, 0.05) is 12.0 Å². The minimum atomic E-state index is 0.0331. The standard InChI is InChI=1S/C19H27N5OS/c1-19(2,3)16-12-24-18(21-16)26-17(22-24)20-11-15(23(4)5)13-7-9-14(25-6)10-8-13/h7-10,12,15H,11H2,1-6H3,(H,20,22)/t15-/m1/s1. The number of hydrogen-bond donors (Lipinski definition) is 1. The fourth-order valence-electron chi connectivity index (χ4n) is 2.74. The Morgan fingerprint density at radius 1 is 1.23 bits per heavy atom. The van der Waals surface area contributed by atoms with E-state index in [0.29, 0.717) is 0 Å². The number of fused-ring (bicyclic) bond motifs is 1. The van der Waals surface area contributed by atoms with E-state index < -0.39 is 0 Å². The number of hydrogen-bond acceptors (Lipinski definition) is 6. The minimum absolute atomic E-state index is 0.0331. The van der Waals surface area contributed by atoms with Gasteiger partial charge in [-0.1, -0.05) is 44.2 Å². The monoisotopic (exact) mass is 373 g/mol. The van der Waals surface area contributed by atoms with Crippen molar-refractivity contribution in [3.05, 3.63) is 41.7 Å². The number of aromatic nitrogens is 3. The summed E-state index contributed by atoms with van der Waals surface area (Å²) in [6, 6.07) is 8.45. The van der Waals surface area contributed by atoms with Gasteiger partial charge in [-0.3, -0.25) is 0 Å². The van der Waals surface area contributed by atoms with Crippen LogP contribution in [0.15, 0.2) is 30.5 Å². The number of likely N-dealkylation sites (N-methyl/N-ethyl adjacent to an activating group) is 1. The van der Waals surface area contributed by atoms with Crippen molar-refractivity contribution in [1.82, 2.24) is 19.5 Å². The predicted molar refractivity (Wildman–Crippen MR) is 107 cm³/mol. The molecule has 26 heavy (non-hydrogen) atoms. The van der Waals surface area contributed by atoms with Crippen LogP contribution in [0.2, 0.25) is 0 Å². The van der Waals surface area contributed by atoms with Gasteiger partial charge >= 0.3 is 0 Å². The van der Waals surface area contributed by atoms with E-state index in [4.69, 9.17) is 9.72 Å². The van der Waals surface area contributed by atoms with E-state index in [1.54, 1.807) is 18.4 Å². The number of methoxy groups -OCH3 is 1. The van der Waals surface area contributed by atoms with Crippen molar-refractivity contribution in [1.29, 1.82) is 0 Å². The van der Waals surface area contributed by atoms with Crippen LogP contribution in [0.3, 0.4) is 0 Å². The number of nitrogens with one attached hydrogen (secondary N) is 1. The van der Waals surface area contributed by atoms with E-state index in [2.05, 4.69) is 62.3 Å². The average Bonchev–Trinajstić information content (AvgIpc) is 3.13. The first-order valence-electron chi connectivity index (χ1n) is 8.69. The van der Waals surface area contributed by atoms with Crippen LogP contribution < -0.4 is 10.1 Å². The Labute approximate surface area is 158 Å². The van der Waals surface area contributed by atoms with Gasteiger partial charge in [0.05, 0.1) is 25.0 Å². The number of anilines is 1. The molecule has 0 unspecified atom stereocenters. The lowest BCUT2D eigenvalue weighted by Gasteiger charge is -2.25. The molecule has 0 aliphatic carbocycles. The van der Waals surface area contributed by atoms with Gasteiger partial charge in [0.1, 0.15) is 5.75 Å². The van der Waals surface area contributed by atoms with Gasteiger partial charge < -0.3 is 15.0 Å². The first-order valence-corrected chi connectivity index (χ1v) is 9.50. The zero-order chi connectivity index (χ0) is 18.9. The van der Waals surface area contributed by atoms with Crippen LogP contribution in [0.25, 0.3) is 4.96 Å². The molecule has 2 aromatic heterocycles. The van der Waals surface area contributed by atoms with Crippen LogP contribution in [0.4, 0.5) is 5.13 Å². The number of ether oxygens (including phenoxy) is 1. The summed E-state index contributed by atoms with van der Waals surface area (Å²) in [5.41, 5.74) is 2.33. The largest absolute Gasteiger partial charge is 0.497 e. The molecule has 3 rings (SSSR count). The Hall–Kier alpha value is -2.12. The number of benzene rings is 1. The first-order chi connectivity index (χ1) is 12.3. The molecule has 0 spiro atoms. The molecule has 2 heterocycles. The second-order valence-electron chi connectivity index (χ2n) is 7.64. The van der Waals surface area contributed by atoms with Crippen molar-refractivity contribution in [3.63, 3.8) is 0 Å². The summed E-state index contributed by atoms with van der Waals surface area (Å²) < 4.78 is 7.12. The molecule has 140 valence electrons. The summed E-state index contributed by atoms with van der Waals surface area (Å²) in [5, 5.41) is 8.97. The zero-order valence-electron chi connectivity index (χ0n) is 16.3. The average molecular weight is 374 g/mol. The third-order valence-electron chi connectivity index (χ3n) is 4.38. The van der Waals surface area contributed by atoms with Gasteiger partial charge in [-0.15, -0.1) is 5.10 Å².